The van der Waals surface area contributed by atoms with E-state index in [9.17, 15) is 14.4 Å². The molecule has 2 N–H and O–H groups in total. The van der Waals surface area contributed by atoms with Gasteiger partial charge in [0.25, 0.3) is 11.8 Å². The highest BCUT2D eigenvalue weighted by molar-refractivity contribution is 6.32. The number of pyridine rings is 1. The van der Waals surface area contributed by atoms with Gasteiger partial charge in [0.05, 0.1) is 22.9 Å². The molecule has 7 nitrogen and oxygen atoms in total. The zero-order valence-electron chi connectivity index (χ0n) is 16.7. The maximum absolute atomic E-state index is 12.7. The molecule has 0 aliphatic heterocycles. The van der Waals surface area contributed by atoms with E-state index >= 15 is 0 Å². The number of esters is 1. The van der Waals surface area contributed by atoms with Crippen molar-refractivity contribution in [2.24, 2.45) is 0 Å². The van der Waals surface area contributed by atoms with Crippen LogP contribution in [0.5, 0.6) is 0 Å². The highest BCUT2D eigenvalue weighted by Crippen LogP contribution is 2.18. The van der Waals surface area contributed by atoms with Crippen LogP contribution < -0.4 is 10.6 Å². The van der Waals surface area contributed by atoms with Gasteiger partial charge in [0.1, 0.15) is 5.15 Å². The molecular weight excluding hydrogens is 418 g/mol. The molecule has 31 heavy (non-hydrogen) atoms. The Hall–Kier alpha value is -3.71. The Morgan fingerprint density at radius 2 is 1.65 bits per heavy atom. The Labute approximate surface area is 184 Å². The number of benzene rings is 2. The molecule has 0 aliphatic carbocycles. The van der Waals surface area contributed by atoms with Crippen molar-refractivity contribution in [3.63, 3.8) is 0 Å². The Morgan fingerprint density at radius 3 is 2.39 bits per heavy atom. The first kappa shape index (κ1) is 22.0. The molecule has 158 valence electrons. The highest BCUT2D eigenvalue weighted by atomic mass is 35.5. The third-order valence-corrected chi connectivity index (χ3v) is 4.71. The first-order valence-corrected chi connectivity index (χ1v) is 9.86. The van der Waals surface area contributed by atoms with Crippen LogP contribution in [0.4, 0.5) is 5.69 Å². The molecule has 1 atom stereocenters. The fraction of sp³-hybridized carbons (Fsp3) is 0.130. The van der Waals surface area contributed by atoms with E-state index < -0.39 is 18.5 Å². The van der Waals surface area contributed by atoms with Crippen molar-refractivity contribution in [3.8, 4) is 0 Å². The number of amides is 2. The van der Waals surface area contributed by atoms with Gasteiger partial charge in [-0.3, -0.25) is 9.59 Å². The number of carbonyl (C=O) groups excluding carboxylic acids is 3. The van der Waals surface area contributed by atoms with Gasteiger partial charge in [0.2, 0.25) is 0 Å². The van der Waals surface area contributed by atoms with Gasteiger partial charge < -0.3 is 15.4 Å². The smallest absolute Gasteiger partial charge is 0.341 e. The summed E-state index contributed by atoms with van der Waals surface area (Å²) in [6, 6.07) is 18.9. The molecule has 0 aliphatic rings. The summed E-state index contributed by atoms with van der Waals surface area (Å²) in [5.74, 6) is -1.70. The maximum atomic E-state index is 12.7. The van der Waals surface area contributed by atoms with E-state index in [4.69, 9.17) is 16.3 Å². The van der Waals surface area contributed by atoms with Crippen molar-refractivity contribution < 1.29 is 19.1 Å². The predicted molar refractivity (Wildman–Crippen MR) is 117 cm³/mol. The SMILES string of the molecule is CC(NC(=O)c1ccccc1NC(=O)COC(=O)c1cccnc1Cl)c1ccccc1. The summed E-state index contributed by atoms with van der Waals surface area (Å²) in [4.78, 5) is 40.9. The molecule has 2 aromatic carbocycles. The molecule has 2 amide bonds. The maximum Gasteiger partial charge on any atom is 0.341 e. The molecule has 0 saturated carbocycles. The number of aromatic nitrogens is 1. The number of hydrogen-bond donors (Lipinski definition) is 2. The van der Waals surface area contributed by atoms with Gasteiger partial charge in [-0.1, -0.05) is 54.1 Å². The van der Waals surface area contributed by atoms with Crippen LogP contribution in [0.15, 0.2) is 72.9 Å². The summed E-state index contributed by atoms with van der Waals surface area (Å²) in [5.41, 5.74) is 1.62. The third-order valence-electron chi connectivity index (χ3n) is 4.41. The van der Waals surface area contributed by atoms with Gasteiger partial charge in [-0.2, -0.15) is 0 Å². The Morgan fingerprint density at radius 1 is 0.968 bits per heavy atom. The molecule has 1 heterocycles. The van der Waals surface area contributed by atoms with E-state index in [1.807, 2.05) is 37.3 Å². The molecule has 0 fully saturated rings. The van der Waals surface area contributed by atoms with Crippen LogP contribution in [0, 0.1) is 0 Å². The highest BCUT2D eigenvalue weighted by Gasteiger charge is 2.18. The van der Waals surface area contributed by atoms with E-state index in [2.05, 4.69) is 15.6 Å². The van der Waals surface area contributed by atoms with Crippen molar-refractivity contribution >= 4 is 35.1 Å². The molecule has 0 spiro atoms. The number of nitrogens with one attached hydrogen (secondary N) is 2. The lowest BCUT2D eigenvalue weighted by atomic mass is 10.1. The van der Waals surface area contributed by atoms with Crippen molar-refractivity contribution in [2.75, 3.05) is 11.9 Å². The fourth-order valence-corrected chi connectivity index (χ4v) is 3.02. The minimum absolute atomic E-state index is 0.0116. The van der Waals surface area contributed by atoms with Crippen LogP contribution in [0.2, 0.25) is 5.15 Å². The summed E-state index contributed by atoms with van der Waals surface area (Å²) >= 11 is 5.85. The largest absolute Gasteiger partial charge is 0.452 e. The van der Waals surface area contributed by atoms with Crippen molar-refractivity contribution in [2.45, 2.75) is 13.0 Å². The van der Waals surface area contributed by atoms with Gasteiger partial charge in [-0.25, -0.2) is 9.78 Å². The molecule has 1 aromatic heterocycles. The van der Waals surface area contributed by atoms with Crippen LogP contribution in [0.1, 0.15) is 39.2 Å². The second kappa shape index (κ2) is 10.4. The molecule has 3 aromatic rings. The van der Waals surface area contributed by atoms with Crippen molar-refractivity contribution in [1.82, 2.24) is 10.3 Å². The van der Waals surface area contributed by atoms with Crippen molar-refractivity contribution in [1.29, 1.82) is 0 Å². The number of nitrogens with zero attached hydrogens (tertiary/aromatic N) is 1. The molecule has 0 radical (unpaired) electrons. The average Bonchev–Trinajstić information content (AvgIpc) is 2.78. The van der Waals surface area contributed by atoms with Gasteiger partial charge in [0.15, 0.2) is 6.61 Å². The predicted octanol–water partition coefficient (Wildman–Crippen LogP) is 4.02. The van der Waals surface area contributed by atoms with E-state index in [1.165, 1.54) is 18.3 Å². The lowest BCUT2D eigenvalue weighted by molar-refractivity contribution is -0.119. The number of para-hydroxylation sites is 1. The van der Waals surface area contributed by atoms with Crippen LogP contribution in [-0.4, -0.2) is 29.4 Å². The quantitative estimate of drug-likeness (QED) is 0.429. The number of halogens is 1. The molecule has 3 rings (SSSR count). The van der Waals surface area contributed by atoms with Crippen LogP contribution in [-0.2, 0) is 9.53 Å². The molecule has 0 bridgehead atoms. The van der Waals surface area contributed by atoms with Crippen LogP contribution >= 0.6 is 11.6 Å². The number of ether oxygens (including phenoxy) is 1. The topological polar surface area (TPSA) is 97.4 Å². The number of anilines is 1. The number of rotatable bonds is 7. The van der Waals surface area contributed by atoms with Gasteiger partial charge in [-0.15, -0.1) is 0 Å². The summed E-state index contributed by atoms with van der Waals surface area (Å²) in [6.07, 6.45) is 1.44. The van der Waals surface area contributed by atoms with Crippen LogP contribution in [0.25, 0.3) is 0 Å². The van der Waals surface area contributed by atoms with Crippen LogP contribution in [0.3, 0.4) is 0 Å². The number of hydrogen-bond acceptors (Lipinski definition) is 5. The molecule has 8 heteroatoms. The van der Waals surface area contributed by atoms with Gasteiger partial charge >= 0.3 is 5.97 Å². The van der Waals surface area contributed by atoms with E-state index in [1.54, 1.807) is 24.3 Å². The van der Waals surface area contributed by atoms with Gasteiger partial charge in [0, 0.05) is 6.20 Å². The third kappa shape index (κ3) is 5.90. The average molecular weight is 438 g/mol. The summed E-state index contributed by atoms with van der Waals surface area (Å²) in [6.45, 7) is 1.33. The summed E-state index contributed by atoms with van der Waals surface area (Å²) < 4.78 is 4.99. The molecule has 1 unspecified atom stereocenters. The molecule has 0 saturated heterocycles. The summed E-state index contributed by atoms with van der Waals surface area (Å²) in [7, 11) is 0. The Kier molecular flexibility index (Phi) is 7.35. The van der Waals surface area contributed by atoms with E-state index in [0.717, 1.165) is 5.56 Å². The second-order valence-electron chi connectivity index (χ2n) is 6.62. The second-order valence-corrected chi connectivity index (χ2v) is 6.98. The summed E-state index contributed by atoms with van der Waals surface area (Å²) in [5, 5.41) is 5.50. The van der Waals surface area contributed by atoms with Crippen molar-refractivity contribution in [3.05, 3.63) is 94.8 Å². The normalized spacial score (nSPS) is 11.3. The fourth-order valence-electron chi connectivity index (χ4n) is 2.82. The zero-order valence-corrected chi connectivity index (χ0v) is 17.4. The van der Waals surface area contributed by atoms with E-state index in [0.29, 0.717) is 11.3 Å². The minimum atomic E-state index is -0.768. The monoisotopic (exact) mass is 437 g/mol. The van der Waals surface area contributed by atoms with E-state index in [-0.39, 0.29) is 22.7 Å². The Balaban J connectivity index is 1.62. The molecular formula is C23H20ClN3O4. The lowest BCUT2D eigenvalue weighted by Gasteiger charge is -2.16. The minimum Gasteiger partial charge on any atom is -0.452 e. The standard InChI is InChI=1S/C23H20ClN3O4/c1-15(16-8-3-2-4-9-16)26-22(29)17-10-5-6-12-19(17)27-20(28)14-31-23(30)18-11-7-13-25-21(18)24/h2-13,15H,14H2,1H3,(H,26,29)(H,27,28). The van der Waals surface area contributed by atoms with Gasteiger partial charge in [-0.05, 0) is 36.8 Å². The number of carbonyl (C=O) groups is 3. The first-order chi connectivity index (χ1) is 15.0. The first-order valence-electron chi connectivity index (χ1n) is 9.48. The Bertz CT molecular complexity index is 1090. The zero-order chi connectivity index (χ0) is 22.2. The lowest BCUT2D eigenvalue weighted by Crippen LogP contribution is -2.28.